The van der Waals surface area contributed by atoms with E-state index in [1.807, 2.05) is 12.3 Å². The van der Waals surface area contributed by atoms with Crippen LogP contribution in [-0.4, -0.2) is 15.0 Å². The van der Waals surface area contributed by atoms with Gasteiger partial charge in [0.1, 0.15) is 0 Å². The third kappa shape index (κ3) is 4.85. The average molecular weight is 652 g/mol. The summed E-state index contributed by atoms with van der Waals surface area (Å²) in [5.74, 6) is 0. The fraction of sp³-hybridized carbons (Fsp3) is 0.0625. The number of benzene rings is 6. The Balaban J connectivity index is 0.992. The van der Waals surface area contributed by atoms with Gasteiger partial charge in [0.05, 0.1) is 27.9 Å². The molecule has 1 aliphatic rings. The van der Waals surface area contributed by atoms with E-state index in [-0.39, 0.29) is 5.41 Å². The summed E-state index contributed by atoms with van der Waals surface area (Å²) < 4.78 is 0. The van der Waals surface area contributed by atoms with Gasteiger partial charge in [-0.05, 0) is 80.9 Å². The fourth-order valence-corrected chi connectivity index (χ4v) is 7.91. The quantitative estimate of drug-likeness (QED) is 0.178. The molecule has 9 aromatic rings. The summed E-state index contributed by atoms with van der Waals surface area (Å²) in [6.07, 6.45) is 1.84. The van der Waals surface area contributed by atoms with Crippen LogP contribution in [0.1, 0.15) is 25.0 Å². The number of nitrogens with zero attached hydrogens (tertiary/aromatic N) is 3. The number of aromatic nitrogens is 3. The zero-order chi connectivity index (χ0) is 34.1. The molecule has 0 bridgehead atoms. The first-order chi connectivity index (χ1) is 25.0. The van der Waals surface area contributed by atoms with Crippen molar-refractivity contribution in [1.29, 1.82) is 0 Å². The molecule has 0 spiro atoms. The molecule has 0 saturated carbocycles. The van der Waals surface area contributed by atoms with Gasteiger partial charge in [-0.3, -0.25) is 4.98 Å². The van der Waals surface area contributed by atoms with E-state index in [9.17, 15) is 0 Å². The maximum atomic E-state index is 5.23. The summed E-state index contributed by atoms with van der Waals surface area (Å²) in [6, 6.07) is 56.5. The Hall–Kier alpha value is -6.45. The molecule has 0 N–H and O–H groups in total. The van der Waals surface area contributed by atoms with Gasteiger partial charge in [0, 0.05) is 38.9 Å². The van der Waals surface area contributed by atoms with E-state index in [0.29, 0.717) is 0 Å². The highest BCUT2D eigenvalue weighted by molar-refractivity contribution is 6.04. The van der Waals surface area contributed by atoms with Crippen molar-refractivity contribution in [2.75, 3.05) is 0 Å². The molecule has 3 heteroatoms. The Morgan fingerprint density at radius 3 is 1.78 bits per heavy atom. The molecule has 0 unspecified atom stereocenters. The zero-order valence-corrected chi connectivity index (χ0v) is 28.4. The van der Waals surface area contributed by atoms with E-state index in [1.165, 1.54) is 33.4 Å². The van der Waals surface area contributed by atoms with Crippen LogP contribution in [0.4, 0.5) is 0 Å². The molecular formula is C48H33N3. The Morgan fingerprint density at radius 2 is 0.980 bits per heavy atom. The van der Waals surface area contributed by atoms with Gasteiger partial charge in [0.25, 0.3) is 0 Å². The number of rotatable bonds is 4. The molecule has 0 atom stereocenters. The predicted molar refractivity (Wildman–Crippen MR) is 212 cm³/mol. The molecule has 0 radical (unpaired) electrons. The molecule has 3 aromatic heterocycles. The largest absolute Gasteiger partial charge is 0.256 e. The monoisotopic (exact) mass is 651 g/mol. The zero-order valence-electron chi connectivity index (χ0n) is 28.4. The minimum Gasteiger partial charge on any atom is -0.256 e. The SMILES string of the molecule is CC1(C)c2ccccc2-c2ccc(-c3ccc(-c4ccc5ccc6ccc(-c7cccc(-c8ccc9cccnc9c8)c7)nc6c5n4)cc3)cc21. The normalized spacial score (nSPS) is 13.1. The Labute approximate surface area is 297 Å². The maximum Gasteiger partial charge on any atom is 0.0972 e. The van der Waals surface area contributed by atoms with Gasteiger partial charge in [0.15, 0.2) is 0 Å². The topological polar surface area (TPSA) is 38.7 Å². The smallest absolute Gasteiger partial charge is 0.0972 e. The van der Waals surface area contributed by atoms with Crippen LogP contribution in [0, 0.1) is 0 Å². The molecule has 3 heterocycles. The standard InChI is InChI=1S/C48H33N3/c1-48(2)41-11-4-3-10-39(41)40-23-20-36(28-42(40)48)30-12-14-32(15-13-30)43-24-21-33-17-18-34-22-25-44(51-47(34)46(33)50-43)38-8-5-7-35(27-38)37-19-16-31-9-6-26-49-45(31)29-37/h3-29H,1-2H3. The number of pyridine rings is 3. The average Bonchev–Trinajstić information content (AvgIpc) is 3.42. The van der Waals surface area contributed by atoms with E-state index >= 15 is 0 Å². The van der Waals surface area contributed by atoms with Crippen LogP contribution in [0.15, 0.2) is 164 Å². The molecule has 10 rings (SSSR count). The predicted octanol–water partition coefficient (Wildman–Crippen LogP) is 12.3. The first-order valence-corrected chi connectivity index (χ1v) is 17.5. The molecule has 51 heavy (non-hydrogen) atoms. The Morgan fingerprint density at radius 1 is 0.392 bits per heavy atom. The highest BCUT2D eigenvalue weighted by atomic mass is 14.8. The highest BCUT2D eigenvalue weighted by Gasteiger charge is 2.35. The molecule has 0 aliphatic heterocycles. The minimum absolute atomic E-state index is 0.0225. The lowest BCUT2D eigenvalue weighted by Gasteiger charge is -2.22. The molecule has 0 saturated heterocycles. The molecule has 0 amide bonds. The lowest BCUT2D eigenvalue weighted by molar-refractivity contribution is 0.660. The second kappa shape index (κ2) is 11.3. The summed E-state index contributed by atoms with van der Waals surface area (Å²) in [5, 5.41) is 3.29. The van der Waals surface area contributed by atoms with Crippen LogP contribution in [0.5, 0.6) is 0 Å². The summed E-state index contributed by atoms with van der Waals surface area (Å²) in [5.41, 5.74) is 17.0. The van der Waals surface area contributed by atoms with Gasteiger partial charge in [-0.1, -0.05) is 135 Å². The minimum atomic E-state index is -0.0225. The summed E-state index contributed by atoms with van der Waals surface area (Å²) in [6.45, 7) is 4.66. The van der Waals surface area contributed by atoms with Crippen molar-refractivity contribution >= 4 is 32.7 Å². The molecular weight excluding hydrogens is 619 g/mol. The molecule has 6 aromatic carbocycles. The number of hydrogen-bond acceptors (Lipinski definition) is 3. The molecule has 0 fully saturated rings. The van der Waals surface area contributed by atoms with Gasteiger partial charge >= 0.3 is 0 Å². The van der Waals surface area contributed by atoms with Crippen molar-refractivity contribution in [2.24, 2.45) is 0 Å². The van der Waals surface area contributed by atoms with Crippen LogP contribution >= 0.6 is 0 Å². The van der Waals surface area contributed by atoms with E-state index in [4.69, 9.17) is 9.97 Å². The van der Waals surface area contributed by atoms with E-state index < -0.39 is 0 Å². The van der Waals surface area contributed by atoms with Crippen LogP contribution in [0.25, 0.3) is 88.6 Å². The van der Waals surface area contributed by atoms with E-state index in [0.717, 1.165) is 66.4 Å². The van der Waals surface area contributed by atoms with Crippen LogP contribution in [0.3, 0.4) is 0 Å². The maximum absolute atomic E-state index is 5.23. The van der Waals surface area contributed by atoms with Crippen molar-refractivity contribution in [3.63, 3.8) is 0 Å². The van der Waals surface area contributed by atoms with Crippen molar-refractivity contribution < 1.29 is 0 Å². The molecule has 240 valence electrons. The van der Waals surface area contributed by atoms with Crippen LogP contribution in [0.2, 0.25) is 0 Å². The highest BCUT2D eigenvalue weighted by Crippen LogP contribution is 2.49. The van der Waals surface area contributed by atoms with Crippen molar-refractivity contribution in [1.82, 2.24) is 15.0 Å². The van der Waals surface area contributed by atoms with Crippen LogP contribution in [-0.2, 0) is 5.41 Å². The number of fused-ring (bicyclic) bond motifs is 7. The van der Waals surface area contributed by atoms with Gasteiger partial charge in [-0.2, -0.15) is 0 Å². The van der Waals surface area contributed by atoms with Gasteiger partial charge in [0.2, 0.25) is 0 Å². The van der Waals surface area contributed by atoms with Gasteiger partial charge < -0.3 is 0 Å². The van der Waals surface area contributed by atoms with Crippen molar-refractivity contribution in [3.8, 4) is 55.9 Å². The molecule has 1 aliphatic carbocycles. The summed E-state index contributed by atoms with van der Waals surface area (Å²) in [7, 11) is 0. The van der Waals surface area contributed by atoms with E-state index in [2.05, 4.69) is 170 Å². The second-order valence-electron chi connectivity index (χ2n) is 14.1. The van der Waals surface area contributed by atoms with Crippen LogP contribution < -0.4 is 0 Å². The Kier molecular flexibility index (Phi) is 6.53. The third-order valence-corrected chi connectivity index (χ3v) is 10.7. The lowest BCUT2D eigenvalue weighted by atomic mass is 9.81. The third-order valence-electron chi connectivity index (χ3n) is 10.7. The van der Waals surface area contributed by atoms with Gasteiger partial charge in [-0.25, -0.2) is 9.97 Å². The second-order valence-corrected chi connectivity index (χ2v) is 14.1. The molecule has 3 nitrogen and oxygen atoms in total. The summed E-state index contributed by atoms with van der Waals surface area (Å²) >= 11 is 0. The van der Waals surface area contributed by atoms with Crippen molar-refractivity contribution in [3.05, 3.63) is 175 Å². The van der Waals surface area contributed by atoms with Crippen molar-refractivity contribution in [2.45, 2.75) is 19.3 Å². The van der Waals surface area contributed by atoms with Gasteiger partial charge in [-0.15, -0.1) is 0 Å². The first-order valence-electron chi connectivity index (χ1n) is 17.5. The summed E-state index contributed by atoms with van der Waals surface area (Å²) in [4.78, 5) is 15.0. The lowest BCUT2D eigenvalue weighted by Crippen LogP contribution is -2.14. The first kappa shape index (κ1) is 29.5. The number of hydrogen-bond donors (Lipinski definition) is 0. The Bertz CT molecular complexity index is 2830. The fourth-order valence-electron chi connectivity index (χ4n) is 7.91. The van der Waals surface area contributed by atoms with E-state index in [1.54, 1.807) is 0 Å².